The molecule has 1 N–H and O–H groups in total. The molecule has 2 nitrogen and oxygen atoms in total. The molecule has 1 rings (SSSR count). The second kappa shape index (κ2) is 7.22. The second-order valence-electron chi connectivity index (χ2n) is 3.90. The van der Waals surface area contributed by atoms with Crippen LogP contribution in [-0.2, 0) is 4.74 Å². The van der Waals surface area contributed by atoms with Gasteiger partial charge in [-0.25, -0.2) is 0 Å². The average Bonchev–Trinajstić information content (AvgIpc) is 2.31. The quantitative estimate of drug-likeness (QED) is 0.843. The summed E-state index contributed by atoms with van der Waals surface area (Å²) >= 11 is 11.8. The molecule has 2 atom stereocenters. The fourth-order valence-electron chi connectivity index (χ4n) is 1.74. The van der Waals surface area contributed by atoms with E-state index in [9.17, 15) is 5.11 Å². The van der Waals surface area contributed by atoms with Crippen molar-refractivity contribution in [2.45, 2.75) is 38.9 Å². The lowest BCUT2D eigenvalue weighted by Gasteiger charge is -2.23. The van der Waals surface area contributed by atoms with Crippen LogP contribution in [-0.4, -0.2) is 17.8 Å². The van der Waals surface area contributed by atoms with Crippen molar-refractivity contribution in [2.24, 2.45) is 0 Å². The van der Waals surface area contributed by atoms with E-state index in [-0.39, 0.29) is 6.10 Å². The van der Waals surface area contributed by atoms with Crippen molar-refractivity contribution in [3.8, 4) is 0 Å². The zero-order valence-electron chi connectivity index (χ0n) is 10.1. The lowest BCUT2D eigenvalue weighted by atomic mass is 10.0. The molecule has 0 heterocycles. The standard InChI is InChI=1S/C13H18Cl2O2/c1-3-5-12(17-4-2)13(16)9-6-7-10(14)11(15)8-9/h6-8,12-13,16H,3-5H2,1-2H3. The Morgan fingerprint density at radius 2 is 1.94 bits per heavy atom. The SMILES string of the molecule is CCCC(OCC)C(O)c1ccc(Cl)c(Cl)c1. The van der Waals surface area contributed by atoms with Crippen molar-refractivity contribution < 1.29 is 9.84 Å². The van der Waals surface area contributed by atoms with E-state index in [0.717, 1.165) is 18.4 Å². The molecule has 0 fully saturated rings. The summed E-state index contributed by atoms with van der Waals surface area (Å²) in [6, 6.07) is 5.16. The van der Waals surface area contributed by atoms with Gasteiger partial charge in [-0.05, 0) is 31.0 Å². The summed E-state index contributed by atoms with van der Waals surface area (Å²) in [4.78, 5) is 0. The van der Waals surface area contributed by atoms with Crippen molar-refractivity contribution in [1.29, 1.82) is 0 Å². The van der Waals surface area contributed by atoms with Gasteiger partial charge in [-0.15, -0.1) is 0 Å². The smallest absolute Gasteiger partial charge is 0.105 e. The zero-order valence-corrected chi connectivity index (χ0v) is 11.6. The topological polar surface area (TPSA) is 29.5 Å². The Bertz CT molecular complexity index is 349. The van der Waals surface area contributed by atoms with Crippen molar-refractivity contribution >= 4 is 23.2 Å². The molecule has 0 saturated heterocycles. The molecule has 0 aromatic heterocycles. The minimum absolute atomic E-state index is 0.192. The molecule has 4 heteroatoms. The predicted molar refractivity (Wildman–Crippen MR) is 71.7 cm³/mol. The lowest BCUT2D eigenvalue weighted by Crippen LogP contribution is -2.22. The summed E-state index contributed by atoms with van der Waals surface area (Å²) in [6.45, 7) is 4.57. The van der Waals surface area contributed by atoms with E-state index in [4.69, 9.17) is 27.9 Å². The van der Waals surface area contributed by atoms with Crippen LogP contribution in [0.15, 0.2) is 18.2 Å². The van der Waals surface area contributed by atoms with Crippen LogP contribution in [0.1, 0.15) is 38.4 Å². The first kappa shape index (κ1) is 14.8. The Morgan fingerprint density at radius 1 is 1.24 bits per heavy atom. The maximum absolute atomic E-state index is 10.2. The van der Waals surface area contributed by atoms with Crippen LogP contribution in [0.25, 0.3) is 0 Å². The maximum Gasteiger partial charge on any atom is 0.105 e. The first-order chi connectivity index (χ1) is 8.10. The van der Waals surface area contributed by atoms with Gasteiger partial charge in [0.15, 0.2) is 0 Å². The summed E-state index contributed by atoms with van der Waals surface area (Å²) in [5.74, 6) is 0. The molecule has 0 radical (unpaired) electrons. The normalized spacial score (nSPS) is 14.6. The Kier molecular flexibility index (Phi) is 6.28. The van der Waals surface area contributed by atoms with E-state index in [2.05, 4.69) is 6.92 Å². The van der Waals surface area contributed by atoms with Gasteiger partial charge in [-0.2, -0.15) is 0 Å². The summed E-state index contributed by atoms with van der Waals surface area (Å²) < 4.78 is 5.54. The minimum atomic E-state index is -0.662. The third-order valence-corrected chi connectivity index (χ3v) is 3.33. The van der Waals surface area contributed by atoms with Crippen molar-refractivity contribution in [3.63, 3.8) is 0 Å². The van der Waals surface area contributed by atoms with Crippen LogP contribution in [0.2, 0.25) is 10.0 Å². The maximum atomic E-state index is 10.2. The second-order valence-corrected chi connectivity index (χ2v) is 4.72. The number of rotatable bonds is 6. The molecular weight excluding hydrogens is 259 g/mol. The van der Waals surface area contributed by atoms with Crippen LogP contribution in [0, 0.1) is 0 Å². The van der Waals surface area contributed by atoms with Crippen LogP contribution < -0.4 is 0 Å². The molecule has 0 aliphatic heterocycles. The summed E-state index contributed by atoms with van der Waals surface area (Å²) in [5.41, 5.74) is 0.742. The number of halogens is 2. The number of benzene rings is 1. The molecule has 0 bridgehead atoms. The largest absolute Gasteiger partial charge is 0.386 e. The number of aliphatic hydroxyl groups is 1. The van der Waals surface area contributed by atoms with E-state index in [1.165, 1.54) is 0 Å². The fraction of sp³-hybridized carbons (Fsp3) is 0.538. The molecule has 1 aromatic carbocycles. The third kappa shape index (κ3) is 4.14. The fourth-order valence-corrected chi connectivity index (χ4v) is 2.05. The molecule has 0 saturated carbocycles. The molecular formula is C13H18Cl2O2. The average molecular weight is 277 g/mol. The summed E-state index contributed by atoms with van der Waals surface area (Å²) in [5, 5.41) is 11.2. The molecule has 2 unspecified atom stereocenters. The lowest BCUT2D eigenvalue weighted by molar-refractivity contribution is -0.0384. The Labute approximate surface area is 113 Å². The highest BCUT2D eigenvalue weighted by atomic mass is 35.5. The van der Waals surface area contributed by atoms with Crippen LogP contribution in [0.4, 0.5) is 0 Å². The molecule has 17 heavy (non-hydrogen) atoms. The Balaban J connectivity index is 2.84. The monoisotopic (exact) mass is 276 g/mol. The Morgan fingerprint density at radius 3 is 2.47 bits per heavy atom. The van der Waals surface area contributed by atoms with Gasteiger partial charge in [0.2, 0.25) is 0 Å². The Hall–Kier alpha value is -0.280. The predicted octanol–water partition coefficient (Wildman–Crippen LogP) is 4.23. The van der Waals surface area contributed by atoms with Gasteiger partial charge in [-0.3, -0.25) is 0 Å². The number of hydrogen-bond donors (Lipinski definition) is 1. The van der Waals surface area contributed by atoms with Crippen LogP contribution >= 0.6 is 23.2 Å². The summed E-state index contributed by atoms with van der Waals surface area (Å²) in [6.07, 6.45) is 0.921. The van der Waals surface area contributed by atoms with E-state index in [1.54, 1.807) is 18.2 Å². The van der Waals surface area contributed by atoms with Crippen molar-refractivity contribution in [3.05, 3.63) is 33.8 Å². The number of ether oxygens (including phenoxy) is 1. The number of hydrogen-bond acceptors (Lipinski definition) is 2. The summed E-state index contributed by atoms with van der Waals surface area (Å²) in [7, 11) is 0. The number of aliphatic hydroxyl groups excluding tert-OH is 1. The van der Waals surface area contributed by atoms with Gasteiger partial charge < -0.3 is 9.84 Å². The van der Waals surface area contributed by atoms with E-state index in [1.807, 2.05) is 6.92 Å². The first-order valence-electron chi connectivity index (χ1n) is 5.84. The molecule has 0 aliphatic rings. The van der Waals surface area contributed by atoms with Crippen LogP contribution in [0.3, 0.4) is 0 Å². The van der Waals surface area contributed by atoms with Crippen molar-refractivity contribution in [2.75, 3.05) is 6.61 Å². The van der Waals surface area contributed by atoms with E-state index in [0.29, 0.717) is 16.7 Å². The van der Waals surface area contributed by atoms with Crippen LogP contribution in [0.5, 0.6) is 0 Å². The van der Waals surface area contributed by atoms with E-state index >= 15 is 0 Å². The highest BCUT2D eigenvalue weighted by Crippen LogP contribution is 2.29. The highest BCUT2D eigenvalue weighted by molar-refractivity contribution is 6.42. The van der Waals surface area contributed by atoms with Gasteiger partial charge in [0.25, 0.3) is 0 Å². The van der Waals surface area contributed by atoms with E-state index < -0.39 is 6.10 Å². The zero-order chi connectivity index (χ0) is 12.8. The molecule has 0 amide bonds. The first-order valence-corrected chi connectivity index (χ1v) is 6.60. The van der Waals surface area contributed by atoms with Gasteiger partial charge in [0.1, 0.15) is 6.10 Å². The molecule has 0 spiro atoms. The van der Waals surface area contributed by atoms with Gasteiger partial charge in [0.05, 0.1) is 16.1 Å². The third-order valence-electron chi connectivity index (χ3n) is 2.59. The van der Waals surface area contributed by atoms with Crippen molar-refractivity contribution in [1.82, 2.24) is 0 Å². The molecule has 96 valence electrons. The highest BCUT2D eigenvalue weighted by Gasteiger charge is 2.21. The molecule has 1 aromatic rings. The van der Waals surface area contributed by atoms with Gasteiger partial charge in [0, 0.05) is 6.61 Å². The van der Waals surface area contributed by atoms with Gasteiger partial charge in [-0.1, -0.05) is 42.6 Å². The minimum Gasteiger partial charge on any atom is -0.386 e. The van der Waals surface area contributed by atoms with Gasteiger partial charge >= 0.3 is 0 Å². The molecule has 0 aliphatic carbocycles.